The molecule has 1 N–H and O–H groups in total. The number of aryl methyl sites for hydroxylation is 1. The molecule has 7 heteroatoms. The van der Waals surface area contributed by atoms with Gasteiger partial charge in [0.05, 0.1) is 25.7 Å². The van der Waals surface area contributed by atoms with Crippen molar-refractivity contribution in [3.63, 3.8) is 0 Å². The third-order valence-corrected chi connectivity index (χ3v) is 6.96. The molecular formula is C27H27NO5S. The van der Waals surface area contributed by atoms with Gasteiger partial charge in [-0.25, -0.2) is 4.79 Å². The minimum Gasteiger partial charge on any atom is -0.497 e. The fourth-order valence-electron chi connectivity index (χ4n) is 4.02. The van der Waals surface area contributed by atoms with Crippen LogP contribution < -0.4 is 9.47 Å². The molecule has 0 saturated carbocycles. The smallest absolute Gasteiger partial charge is 0.354 e. The molecular weight excluding hydrogens is 450 g/mol. The van der Waals surface area contributed by atoms with E-state index in [0.717, 1.165) is 49.5 Å². The first-order valence-electron chi connectivity index (χ1n) is 11.1. The van der Waals surface area contributed by atoms with E-state index in [4.69, 9.17) is 14.2 Å². The van der Waals surface area contributed by atoms with E-state index >= 15 is 0 Å². The molecule has 0 unspecified atom stereocenters. The highest BCUT2D eigenvalue weighted by atomic mass is 32.1. The average Bonchev–Trinajstić information content (AvgIpc) is 3.45. The highest BCUT2D eigenvalue weighted by Gasteiger charge is 2.18. The molecule has 2 aromatic carbocycles. The van der Waals surface area contributed by atoms with E-state index in [9.17, 15) is 9.59 Å². The van der Waals surface area contributed by atoms with Gasteiger partial charge in [-0.2, -0.15) is 0 Å². The number of H-pyrrole nitrogens is 1. The number of esters is 1. The van der Waals surface area contributed by atoms with Crippen molar-refractivity contribution in [2.45, 2.75) is 26.7 Å². The number of aromatic amines is 1. The highest BCUT2D eigenvalue weighted by Crippen LogP contribution is 2.34. The average molecular weight is 478 g/mol. The van der Waals surface area contributed by atoms with Crippen LogP contribution in [0.4, 0.5) is 0 Å². The predicted octanol–water partition coefficient (Wildman–Crippen LogP) is 6.21. The Morgan fingerprint density at radius 1 is 1.03 bits per heavy atom. The van der Waals surface area contributed by atoms with Crippen molar-refractivity contribution in [1.82, 2.24) is 4.98 Å². The van der Waals surface area contributed by atoms with Crippen LogP contribution in [0.3, 0.4) is 0 Å². The lowest BCUT2D eigenvalue weighted by atomic mass is 9.99. The summed E-state index contributed by atoms with van der Waals surface area (Å²) in [5.74, 6) is 1.18. The summed E-state index contributed by atoms with van der Waals surface area (Å²) in [5, 5.41) is 2.95. The number of nitrogens with one attached hydrogen (secondary N) is 1. The summed E-state index contributed by atoms with van der Waals surface area (Å²) in [7, 11) is 3.23. The lowest BCUT2D eigenvalue weighted by molar-refractivity contribution is 0.0520. The van der Waals surface area contributed by atoms with Crippen molar-refractivity contribution in [2.24, 2.45) is 0 Å². The van der Waals surface area contributed by atoms with Gasteiger partial charge in [0, 0.05) is 23.4 Å². The van der Waals surface area contributed by atoms with E-state index in [1.54, 1.807) is 27.2 Å². The van der Waals surface area contributed by atoms with Crippen molar-refractivity contribution in [3.8, 4) is 22.6 Å². The number of hydrogen-bond acceptors (Lipinski definition) is 6. The Morgan fingerprint density at radius 3 is 2.59 bits per heavy atom. The van der Waals surface area contributed by atoms with E-state index in [1.807, 2.05) is 48.7 Å². The number of benzene rings is 2. The summed E-state index contributed by atoms with van der Waals surface area (Å²) < 4.78 is 15.8. The fraction of sp³-hybridized carbons (Fsp3) is 0.259. The van der Waals surface area contributed by atoms with Crippen LogP contribution in [0.5, 0.6) is 11.5 Å². The molecule has 176 valence electrons. The van der Waals surface area contributed by atoms with Gasteiger partial charge in [-0.3, -0.25) is 4.79 Å². The Morgan fingerprint density at radius 2 is 1.85 bits per heavy atom. The molecule has 0 amide bonds. The number of Topliss-reactive ketones (excluding diaryl/α,β-unsaturated/α-hetero) is 1. The number of methoxy groups -OCH3 is 2. The summed E-state index contributed by atoms with van der Waals surface area (Å²) in [6, 6.07) is 13.4. The summed E-state index contributed by atoms with van der Waals surface area (Å²) in [4.78, 5) is 29.0. The van der Waals surface area contributed by atoms with Gasteiger partial charge in [-0.1, -0.05) is 12.1 Å². The largest absolute Gasteiger partial charge is 0.497 e. The Balaban J connectivity index is 1.53. The fourth-order valence-corrected chi connectivity index (χ4v) is 5.08. The van der Waals surface area contributed by atoms with Gasteiger partial charge in [0.25, 0.3) is 0 Å². The number of ketones is 1. The number of hydrogen-bond donors (Lipinski definition) is 1. The quantitative estimate of drug-likeness (QED) is 0.229. The second-order valence-electron chi connectivity index (χ2n) is 7.91. The first kappa shape index (κ1) is 23.6. The lowest BCUT2D eigenvalue weighted by Gasteiger charge is -2.10. The molecule has 0 radical (unpaired) electrons. The van der Waals surface area contributed by atoms with Gasteiger partial charge in [0.2, 0.25) is 0 Å². The molecule has 6 nitrogen and oxygen atoms in total. The lowest BCUT2D eigenvalue weighted by Crippen LogP contribution is -2.04. The third kappa shape index (κ3) is 4.70. The van der Waals surface area contributed by atoms with Crippen molar-refractivity contribution in [2.75, 3.05) is 20.8 Å². The SMILES string of the molecule is CCOC(=O)c1cc2cc(-c3csc(C(=O)CCc4ccc(OC)cc4OC)c3C)ccc2[nH]1. The minimum atomic E-state index is -0.367. The molecule has 0 spiro atoms. The van der Waals surface area contributed by atoms with Crippen LogP contribution in [0.1, 0.15) is 44.6 Å². The maximum absolute atomic E-state index is 13.0. The van der Waals surface area contributed by atoms with Crippen LogP contribution >= 0.6 is 11.3 Å². The van der Waals surface area contributed by atoms with Gasteiger partial charge in [-0.05, 0) is 72.2 Å². The second-order valence-corrected chi connectivity index (χ2v) is 8.79. The number of thiophene rings is 1. The molecule has 0 bridgehead atoms. The normalized spacial score (nSPS) is 10.9. The Labute approximate surface area is 202 Å². The number of aromatic nitrogens is 1. The number of ether oxygens (including phenoxy) is 3. The first-order chi connectivity index (χ1) is 16.4. The summed E-state index contributed by atoms with van der Waals surface area (Å²) in [6.07, 6.45) is 0.980. The molecule has 4 aromatic rings. The molecule has 0 aliphatic rings. The molecule has 4 rings (SSSR count). The predicted molar refractivity (Wildman–Crippen MR) is 135 cm³/mol. The molecule has 2 aromatic heterocycles. The molecule has 34 heavy (non-hydrogen) atoms. The van der Waals surface area contributed by atoms with Gasteiger partial charge < -0.3 is 19.2 Å². The number of carbonyl (C=O) groups is 2. The summed E-state index contributed by atoms with van der Waals surface area (Å²) in [5.41, 5.74) is 5.27. The number of fused-ring (bicyclic) bond motifs is 1. The van der Waals surface area contributed by atoms with Crippen molar-refractivity contribution < 1.29 is 23.8 Å². The van der Waals surface area contributed by atoms with Gasteiger partial charge >= 0.3 is 5.97 Å². The van der Waals surface area contributed by atoms with E-state index in [-0.39, 0.29) is 11.8 Å². The number of carbonyl (C=O) groups excluding carboxylic acids is 2. The van der Waals surface area contributed by atoms with E-state index in [1.165, 1.54) is 11.3 Å². The zero-order chi connectivity index (χ0) is 24.2. The molecule has 0 fully saturated rings. The molecule has 0 saturated heterocycles. The highest BCUT2D eigenvalue weighted by molar-refractivity contribution is 7.12. The van der Waals surface area contributed by atoms with Crippen LogP contribution in [0, 0.1) is 6.92 Å². The molecule has 0 aliphatic carbocycles. The first-order valence-corrected chi connectivity index (χ1v) is 12.0. The minimum absolute atomic E-state index is 0.110. The van der Waals surface area contributed by atoms with Crippen LogP contribution in [0.2, 0.25) is 0 Å². The molecule has 2 heterocycles. The van der Waals surface area contributed by atoms with Crippen LogP contribution in [-0.2, 0) is 11.2 Å². The summed E-state index contributed by atoms with van der Waals surface area (Å²) in [6.45, 7) is 4.10. The van der Waals surface area contributed by atoms with Crippen LogP contribution in [0.15, 0.2) is 47.8 Å². The zero-order valence-electron chi connectivity index (χ0n) is 19.7. The van der Waals surface area contributed by atoms with Crippen molar-refractivity contribution in [1.29, 1.82) is 0 Å². The topological polar surface area (TPSA) is 77.6 Å². The number of rotatable bonds is 9. The molecule has 0 atom stereocenters. The zero-order valence-corrected chi connectivity index (χ0v) is 20.5. The molecule has 0 aliphatic heterocycles. The van der Waals surface area contributed by atoms with Gasteiger partial charge in [0.1, 0.15) is 17.2 Å². The van der Waals surface area contributed by atoms with E-state index in [2.05, 4.69) is 4.98 Å². The monoisotopic (exact) mass is 477 g/mol. The maximum Gasteiger partial charge on any atom is 0.354 e. The summed E-state index contributed by atoms with van der Waals surface area (Å²) >= 11 is 1.47. The Kier molecular flexibility index (Phi) is 7.03. The van der Waals surface area contributed by atoms with Crippen LogP contribution in [0.25, 0.3) is 22.0 Å². The van der Waals surface area contributed by atoms with Crippen LogP contribution in [-0.4, -0.2) is 37.6 Å². The standard InChI is InChI=1S/C27H27NO5S/c1-5-33-27(30)23-13-19-12-18(7-10-22(19)28-23)21-15-34-26(16(21)2)24(29)11-8-17-6-9-20(31-3)14-25(17)32-4/h6-7,9-10,12-15,28H,5,8,11H2,1-4H3. The van der Waals surface area contributed by atoms with Gasteiger partial charge in [-0.15, -0.1) is 11.3 Å². The Hall–Kier alpha value is -3.58. The Bertz CT molecular complexity index is 1350. The third-order valence-electron chi connectivity index (χ3n) is 5.84. The van der Waals surface area contributed by atoms with E-state index < -0.39 is 0 Å². The van der Waals surface area contributed by atoms with Gasteiger partial charge in [0.15, 0.2) is 5.78 Å². The second kappa shape index (κ2) is 10.1. The van der Waals surface area contributed by atoms with E-state index in [0.29, 0.717) is 25.1 Å². The van der Waals surface area contributed by atoms with Crippen molar-refractivity contribution in [3.05, 3.63) is 69.5 Å². The van der Waals surface area contributed by atoms with Crippen molar-refractivity contribution >= 4 is 34.0 Å². The maximum atomic E-state index is 13.0.